The van der Waals surface area contributed by atoms with Crippen LogP contribution in [-0.2, 0) is 9.59 Å². The molecular formula is C24H41N7O3S. The molecule has 5 fully saturated rings. The van der Waals surface area contributed by atoms with Crippen LogP contribution in [-0.4, -0.2) is 120 Å². The quantitative estimate of drug-likeness (QED) is 0.393. The van der Waals surface area contributed by atoms with Gasteiger partial charge in [0, 0.05) is 69.6 Å². The van der Waals surface area contributed by atoms with Crippen LogP contribution in [0, 0.1) is 0 Å². The van der Waals surface area contributed by atoms with Gasteiger partial charge in [-0.05, 0) is 50.8 Å². The van der Waals surface area contributed by atoms with E-state index in [1.807, 2.05) is 16.7 Å². The fraction of sp³-hybridized carbons (Fsp3) is 0.875. The number of thioether (sulfide) groups is 1. The highest BCUT2D eigenvalue weighted by Crippen LogP contribution is 2.26. The first-order valence-corrected chi connectivity index (χ1v) is 14.7. The zero-order chi connectivity index (χ0) is 24.2. The number of piperidine rings is 1. The van der Waals surface area contributed by atoms with Crippen LogP contribution in [0.2, 0.25) is 0 Å². The maximum absolute atomic E-state index is 13.0. The minimum Gasteiger partial charge on any atom is -0.353 e. The molecule has 5 aliphatic rings. The molecular weight excluding hydrogens is 466 g/mol. The molecule has 196 valence electrons. The summed E-state index contributed by atoms with van der Waals surface area (Å²) in [6.45, 7) is 5.80. The second-order valence-electron chi connectivity index (χ2n) is 10.6. The Labute approximate surface area is 212 Å². The van der Waals surface area contributed by atoms with E-state index in [0.717, 1.165) is 57.1 Å². The number of hydrogen-bond donors (Lipinski definition) is 4. The molecule has 0 aliphatic carbocycles. The van der Waals surface area contributed by atoms with Crippen molar-refractivity contribution < 1.29 is 14.4 Å². The van der Waals surface area contributed by atoms with Gasteiger partial charge in [-0.3, -0.25) is 19.4 Å². The third-order valence-corrected chi connectivity index (χ3v) is 9.47. The Hall–Kier alpha value is -1.56. The first-order valence-electron chi connectivity index (χ1n) is 13.5. The number of nitrogens with one attached hydrogen (secondary N) is 4. The lowest BCUT2D eigenvalue weighted by Crippen LogP contribution is -2.58. The lowest BCUT2D eigenvalue weighted by atomic mass is 10.0. The summed E-state index contributed by atoms with van der Waals surface area (Å²) in [4.78, 5) is 44.6. The van der Waals surface area contributed by atoms with Crippen molar-refractivity contribution in [2.24, 2.45) is 0 Å². The molecule has 0 aromatic heterocycles. The predicted octanol–water partition coefficient (Wildman–Crippen LogP) is -0.244. The maximum Gasteiger partial charge on any atom is 0.315 e. The molecule has 4 N–H and O–H groups in total. The minimum absolute atomic E-state index is 0.0388. The number of carbonyl (C=O) groups is 3. The Kier molecular flexibility index (Phi) is 8.36. The molecule has 0 radical (unpaired) electrons. The monoisotopic (exact) mass is 507 g/mol. The Morgan fingerprint density at radius 3 is 2.63 bits per heavy atom. The zero-order valence-corrected chi connectivity index (χ0v) is 21.5. The molecule has 4 amide bonds. The van der Waals surface area contributed by atoms with Crippen molar-refractivity contribution in [2.45, 2.75) is 75.3 Å². The van der Waals surface area contributed by atoms with Gasteiger partial charge in [0.15, 0.2) is 0 Å². The number of fused-ring (bicyclic) bond motifs is 1. The normalized spacial score (nSPS) is 34.3. The highest BCUT2D eigenvalue weighted by atomic mass is 32.2. The second-order valence-corrected chi connectivity index (χ2v) is 11.8. The summed E-state index contributed by atoms with van der Waals surface area (Å²) in [5.74, 6) is 2.32. The first kappa shape index (κ1) is 25.1. The molecule has 11 heteroatoms. The van der Waals surface area contributed by atoms with Crippen LogP contribution in [0.5, 0.6) is 0 Å². The van der Waals surface area contributed by atoms with Gasteiger partial charge < -0.3 is 26.2 Å². The molecule has 0 spiro atoms. The SMILES string of the molecule is O=C(NC1CCSC1)N[C@H]1C[C@H]2C(=O)NC[C@@H](CCC(=O)N3CCN(C4CCCCN4)CC3)N2C1. The topological polar surface area (TPSA) is 109 Å². The molecule has 0 aromatic rings. The average molecular weight is 508 g/mol. The van der Waals surface area contributed by atoms with Crippen molar-refractivity contribution in [1.29, 1.82) is 0 Å². The largest absolute Gasteiger partial charge is 0.353 e. The van der Waals surface area contributed by atoms with Crippen molar-refractivity contribution in [3.63, 3.8) is 0 Å². The summed E-state index contributed by atoms with van der Waals surface area (Å²) in [6.07, 6.45) is 7.10. The molecule has 5 atom stereocenters. The van der Waals surface area contributed by atoms with Crippen molar-refractivity contribution in [3.05, 3.63) is 0 Å². The average Bonchev–Trinajstić information content (AvgIpc) is 3.54. The van der Waals surface area contributed by atoms with E-state index in [0.29, 0.717) is 32.1 Å². The Bertz CT molecular complexity index is 766. The van der Waals surface area contributed by atoms with E-state index < -0.39 is 0 Å². The Morgan fingerprint density at radius 2 is 1.89 bits per heavy atom. The number of piperazine rings is 2. The van der Waals surface area contributed by atoms with Crippen LogP contribution in [0.4, 0.5) is 4.79 Å². The van der Waals surface area contributed by atoms with Crippen LogP contribution in [0.15, 0.2) is 0 Å². The first-order chi connectivity index (χ1) is 17.1. The van der Waals surface area contributed by atoms with E-state index >= 15 is 0 Å². The third kappa shape index (κ3) is 6.23. The van der Waals surface area contributed by atoms with Gasteiger partial charge in [0.1, 0.15) is 0 Å². The number of rotatable bonds is 6. The third-order valence-electron chi connectivity index (χ3n) is 8.31. The summed E-state index contributed by atoms with van der Waals surface area (Å²) < 4.78 is 0. The number of carbonyl (C=O) groups excluding carboxylic acids is 3. The van der Waals surface area contributed by atoms with E-state index in [9.17, 15) is 14.4 Å². The molecule has 5 aliphatic heterocycles. The van der Waals surface area contributed by atoms with Crippen molar-refractivity contribution >= 4 is 29.6 Å². The number of urea groups is 1. The van der Waals surface area contributed by atoms with Crippen LogP contribution < -0.4 is 21.3 Å². The van der Waals surface area contributed by atoms with Crippen LogP contribution in [0.3, 0.4) is 0 Å². The van der Waals surface area contributed by atoms with Gasteiger partial charge in [-0.15, -0.1) is 0 Å². The van der Waals surface area contributed by atoms with Gasteiger partial charge in [0.25, 0.3) is 0 Å². The lowest BCUT2D eigenvalue weighted by molar-refractivity contribution is -0.134. The molecule has 5 rings (SSSR count). The van der Waals surface area contributed by atoms with E-state index in [2.05, 4.69) is 31.1 Å². The van der Waals surface area contributed by atoms with Crippen molar-refractivity contribution in [2.75, 3.05) is 57.3 Å². The maximum atomic E-state index is 13.0. The fourth-order valence-electron chi connectivity index (χ4n) is 6.29. The molecule has 5 saturated heterocycles. The van der Waals surface area contributed by atoms with Gasteiger partial charge in [-0.2, -0.15) is 11.8 Å². The predicted molar refractivity (Wildman–Crippen MR) is 136 cm³/mol. The Morgan fingerprint density at radius 1 is 1.06 bits per heavy atom. The molecule has 10 nitrogen and oxygen atoms in total. The highest BCUT2D eigenvalue weighted by Gasteiger charge is 2.44. The zero-order valence-electron chi connectivity index (χ0n) is 20.7. The lowest BCUT2D eigenvalue weighted by Gasteiger charge is -2.41. The van der Waals surface area contributed by atoms with E-state index in [1.165, 1.54) is 19.3 Å². The van der Waals surface area contributed by atoms with Gasteiger partial charge in [0.2, 0.25) is 11.8 Å². The van der Waals surface area contributed by atoms with E-state index in [1.54, 1.807) is 0 Å². The fourth-order valence-corrected chi connectivity index (χ4v) is 7.44. The molecule has 0 aromatic carbocycles. The number of amides is 4. The summed E-state index contributed by atoms with van der Waals surface area (Å²) >= 11 is 1.87. The van der Waals surface area contributed by atoms with Gasteiger partial charge >= 0.3 is 6.03 Å². The number of nitrogens with zero attached hydrogens (tertiary/aromatic N) is 3. The van der Waals surface area contributed by atoms with Crippen LogP contribution >= 0.6 is 11.8 Å². The van der Waals surface area contributed by atoms with Gasteiger partial charge in [0.05, 0.1) is 12.2 Å². The smallest absolute Gasteiger partial charge is 0.315 e. The summed E-state index contributed by atoms with van der Waals surface area (Å²) in [5, 5.41) is 12.8. The molecule has 35 heavy (non-hydrogen) atoms. The summed E-state index contributed by atoms with van der Waals surface area (Å²) in [5.41, 5.74) is 0. The second kappa shape index (κ2) is 11.7. The van der Waals surface area contributed by atoms with Crippen LogP contribution in [0.25, 0.3) is 0 Å². The highest BCUT2D eigenvalue weighted by molar-refractivity contribution is 7.99. The molecule has 0 bridgehead atoms. The van der Waals surface area contributed by atoms with Crippen molar-refractivity contribution in [3.8, 4) is 0 Å². The summed E-state index contributed by atoms with van der Waals surface area (Å²) in [7, 11) is 0. The van der Waals surface area contributed by atoms with E-state index in [4.69, 9.17) is 0 Å². The summed E-state index contributed by atoms with van der Waals surface area (Å²) in [6, 6.07) is -0.0142. The van der Waals surface area contributed by atoms with Gasteiger partial charge in [-0.1, -0.05) is 0 Å². The standard InChI is InChI=1S/C24H41N7O3S/c32-22(30-10-8-29(9-11-30)21-3-1-2-7-25-21)5-4-19-14-26-23(33)20-13-18(15-31(19)20)28-24(34)27-17-6-12-35-16-17/h17-21,25H,1-16H2,(H,26,33)(H2,27,28,34)/t17?,18-,19+,20-,21?/m0/s1. The Balaban J connectivity index is 1.06. The van der Waals surface area contributed by atoms with Crippen LogP contribution in [0.1, 0.15) is 44.9 Å². The molecule has 0 saturated carbocycles. The van der Waals surface area contributed by atoms with E-state index in [-0.39, 0.29) is 42.0 Å². The van der Waals surface area contributed by atoms with Crippen molar-refractivity contribution in [1.82, 2.24) is 36.0 Å². The minimum atomic E-state index is -0.220. The molecule has 5 heterocycles. The van der Waals surface area contributed by atoms with Gasteiger partial charge in [-0.25, -0.2) is 4.79 Å². The number of hydrogen-bond acceptors (Lipinski definition) is 7. The molecule has 2 unspecified atom stereocenters.